The Morgan fingerprint density at radius 3 is 2.35 bits per heavy atom. The number of likely N-dealkylation sites (N-methyl/N-ethyl adjacent to an activating group) is 1. The predicted molar refractivity (Wildman–Crippen MR) is 89.2 cm³/mol. The highest BCUT2D eigenvalue weighted by Gasteiger charge is 2.17. The Labute approximate surface area is 136 Å². The van der Waals surface area contributed by atoms with E-state index in [0.717, 1.165) is 17.5 Å². The van der Waals surface area contributed by atoms with Crippen LogP contribution in [0.3, 0.4) is 0 Å². The lowest BCUT2D eigenvalue weighted by Gasteiger charge is -2.19. The molecule has 1 aromatic carbocycles. The molecule has 0 aliphatic rings. The van der Waals surface area contributed by atoms with Gasteiger partial charge < -0.3 is 14.4 Å². The van der Waals surface area contributed by atoms with E-state index in [4.69, 9.17) is 9.47 Å². The molecule has 1 amide bonds. The number of rotatable bonds is 6. The summed E-state index contributed by atoms with van der Waals surface area (Å²) in [6.07, 6.45) is 4.31. The molecule has 0 atom stereocenters. The smallest absolute Gasteiger partial charge is 0.254 e. The summed E-state index contributed by atoms with van der Waals surface area (Å²) in [6.45, 7) is 2.53. The van der Waals surface area contributed by atoms with E-state index in [1.54, 1.807) is 44.6 Å². The predicted octanol–water partition coefficient (Wildman–Crippen LogP) is 2.72. The average molecular weight is 314 g/mol. The van der Waals surface area contributed by atoms with Crippen molar-refractivity contribution in [2.45, 2.75) is 13.3 Å². The number of ether oxygens (including phenoxy) is 2. The topological polar surface area (TPSA) is 51.7 Å². The molecule has 5 nitrogen and oxygen atoms in total. The first kappa shape index (κ1) is 16.8. The van der Waals surface area contributed by atoms with Crippen molar-refractivity contribution in [2.24, 2.45) is 0 Å². The van der Waals surface area contributed by atoms with Gasteiger partial charge in [0.15, 0.2) is 11.5 Å². The van der Waals surface area contributed by atoms with Crippen molar-refractivity contribution in [3.8, 4) is 11.5 Å². The number of amides is 1. The van der Waals surface area contributed by atoms with Crippen LogP contribution in [0.5, 0.6) is 11.5 Å². The number of aromatic nitrogens is 1. The Morgan fingerprint density at radius 1 is 1.13 bits per heavy atom. The van der Waals surface area contributed by atoms with Crippen LogP contribution in [0.1, 0.15) is 21.5 Å². The van der Waals surface area contributed by atoms with E-state index in [9.17, 15) is 4.79 Å². The van der Waals surface area contributed by atoms with Crippen LogP contribution in [-0.2, 0) is 6.42 Å². The van der Waals surface area contributed by atoms with Gasteiger partial charge in [-0.1, -0.05) is 0 Å². The third-order valence-corrected chi connectivity index (χ3v) is 3.79. The lowest BCUT2D eigenvalue weighted by atomic mass is 10.1. The van der Waals surface area contributed by atoms with Gasteiger partial charge in [0.05, 0.1) is 14.2 Å². The third-order valence-electron chi connectivity index (χ3n) is 3.79. The van der Waals surface area contributed by atoms with Crippen molar-refractivity contribution >= 4 is 5.91 Å². The lowest BCUT2D eigenvalue weighted by Crippen LogP contribution is -2.29. The van der Waals surface area contributed by atoms with E-state index in [1.165, 1.54) is 0 Å². The Hall–Kier alpha value is -2.56. The zero-order valence-electron chi connectivity index (χ0n) is 14.0. The summed E-state index contributed by atoms with van der Waals surface area (Å²) < 4.78 is 10.6. The summed E-state index contributed by atoms with van der Waals surface area (Å²) in [4.78, 5) is 18.4. The first-order chi connectivity index (χ1) is 11.1. The quantitative estimate of drug-likeness (QED) is 0.822. The zero-order valence-corrected chi connectivity index (χ0v) is 14.0. The van der Waals surface area contributed by atoms with Gasteiger partial charge in [-0.15, -0.1) is 0 Å². The number of methoxy groups -OCH3 is 2. The molecule has 5 heteroatoms. The molecule has 0 bridgehead atoms. The second kappa shape index (κ2) is 7.63. The maximum absolute atomic E-state index is 12.7. The van der Waals surface area contributed by atoms with Gasteiger partial charge in [0.1, 0.15) is 0 Å². The normalized spacial score (nSPS) is 10.3. The summed E-state index contributed by atoms with van der Waals surface area (Å²) in [5.74, 6) is 1.16. The van der Waals surface area contributed by atoms with Crippen LogP contribution in [0.15, 0.2) is 36.7 Å². The molecular weight excluding hydrogens is 292 g/mol. The Bertz CT molecular complexity index is 671. The van der Waals surface area contributed by atoms with Gasteiger partial charge in [0.25, 0.3) is 5.91 Å². The van der Waals surface area contributed by atoms with Crippen molar-refractivity contribution in [1.29, 1.82) is 0 Å². The van der Waals surface area contributed by atoms with E-state index in [-0.39, 0.29) is 5.91 Å². The van der Waals surface area contributed by atoms with E-state index < -0.39 is 0 Å². The number of hydrogen-bond acceptors (Lipinski definition) is 4. The Kier molecular flexibility index (Phi) is 5.57. The minimum atomic E-state index is -0.0301. The molecule has 0 aliphatic carbocycles. The molecule has 2 aromatic rings. The maximum Gasteiger partial charge on any atom is 0.254 e. The molecule has 122 valence electrons. The van der Waals surface area contributed by atoms with Crippen LogP contribution in [0.4, 0.5) is 0 Å². The summed E-state index contributed by atoms with van der Waals surface area (Å²) in [5, 5.41) is 0. The van der Waals surface area contributed by atoms with Gasteiger partial charge in [-0.2, -0.15) is 0 Å². The van der Waals surface area contributed by atoms with Crippen LogP contribution in [0, 0.1) is 6.92 Å². The monoisotopic (exact) mass is 314 g/mol. The molecule has 23 heavy (non-hydrogen) atoms. The van der Waals surface area contributed by atoms with Crippen molar-refractivity contribution in [1.82, 2.24) is 9.88 Å². The van der Waals surface area contributed by atoms with Gasteiger partial charge in [-0.3, -0.25) is 9.78 Å². The Balaban J connectivity index is 2.12. The number of pyridine rings is 1. The highest BCUT2D eigenvalue weighted by molar-refractivity contribution is 5.96. The van der Waals surface area contributed by atoms with Gasteiger partial charge in [-0.25, -0.2) is 0 Å². The zero-order chi connectivity index (χ0) is 16.8. The fourth-order valence-electron chi connectivity index (χ4n) is 2.36. The molecule has 0 spiro atoms. The van der Waals surface area contributed by atoms with E-state index in [0.29, 0.717) is 23.6 Å². The van der Waals surface area contributed by atoms with Crippen LogP contribution < -0.4 is 9.47 Å². The summed E-state index contributed by atoms with van der Waals surface area (Å²) in [6, 6.07) is 7.47. The molecular formula is C18H22N2O3. The number of hydrogen-bond donors (Lipinski definition) is 0. The fourth-order valence-corrected chi connectivity index (χ4v) is 2.36. The molecule has 0 fully saturated rings. The molecule has 0 unspecified atom stereocenters. The van der Waals surface area contributed by atoms with Crippen LogP contribution in [0.2, 0.25) is 0 Å². The van der Waals surface area contributed by atoms with Crippen molar-refractivity contribution in [2.75, 3.05) is 27.8 Å². The molecule has 1 aromatic heterocycles. The van der Waals surface area contributed by atoms with Crippen LogP contribution >= 0.6 is 0 Å². The number of benzene rings is 1. The second-order valence-electron chi connectivity index (χ2n) is 5.35. The fraction of sp³-hybridized carbons (Fsp3) is 0.333. The van der Waals surface area contributed by atoms with Crippen molar-refractivity contribution in [3.63, 3.8) is 0 Å². The van der Waals surface area contributed by atoms with Crippen LogP contribution in [-0.4, -0.2) is 43.6 Å². The summed E-state index contributed by atoms with van der Waals surface area (Å²) in [7, 11) is 4.95. The molecule has 0 saturated carbocycles. The minimum absolute atomic E-state index is 0.0301. The number of aryl methyl sites for hydroxylation is 1. The summed E-state index contributed by atoms with van der Waals surface area (Å²) >= 11 is 0. The van der Waals surface area contributed by atoms with E-state index in [1.807, 2.05) is 25.1 Å². The molecule has 0 saturated heterocycles. The lowest BCUT2D eigenvalue weighted by molar-refractivity contribution is 0.0795. The SMILES string of the molecule is COc1cc(C)c(C(=O)N(C)CCc2ccncc2)cc1OC. The van der Waals surface area contributed by atoms with Gasteiger partial charge in [0, 0.05) is 31.5 Å². The summed E-state index contributed by atoms with van der Waals surface area (Å²) in [5.41, 5.74) is 2.65. The number of carbonyl (C=O) groups excluding carboxylic acids is 1. The molecule has 0 radical (unpaired) electrons. The molecule has 0 aliphatic heterocycles. The molecule has 0 N–H and O–H groups in total. The van der Waals surface area contributed by atoms with Crippen molar-refractivity contribution in [3.05, 3.63) is 53.3 Å². The number of nitrogens with zero attached hydrogens (tertiary/aromatic N) is 2. The molecule has 1 heterocycles. The van der Waals surface area contributed by atoms with Crippen molar-refractivity contribution < 1.29 is 14.3 Å². The minimum Gasteiger partial charge on any atom is -0.493 e. The van der Waals surface area contributed by atoms with Crippen LogP contribution in [0.25, 0.3) is 0 Å². The molecule has 2 rings (SSSR count). The van der Waals surface area contributed by atoms with E-state index >= 15 is 0 Å². The first-order valence-corrected chi connectivity index (χ1v) is 7.43. The number of carbonyl (C=O) groups is 1. The Morgan fingerprint density at radius 2 is 1.74 bits per heavy atom. The highest BCUT2D eigenvalue weighted by atomic mass is 16.5. The standard InChI is InChI=1S/C18H22N2O3/c1-13-11-16(22-3)17(23-4)12-15(13)18(21)20(2)10-7-14-5-8-19-9-6-14/h5-6,8-9,11-12H,7,10H2,1-4H3. The average Bonchev–Trinajstić information content (AvgIpc) is 2.59. The first-order valence-electron chi connectivity index (χ1n) is 7.43. The second-order valence-corrected chi connectivity index (χ2v) is 5.35. The largest absolute Gasteiger partial charge is 0.493 e. The van der Waals surface area contributed by atoms with Gasteiger partial charge in [0.2, 0.25) is 0 Å². The van der Waals surface area contributed by atoms with Gasteiger partial charge >= 0.3 is 0 Å². The van der Waals surface area contributed by atoms with E-state index in [2.05, 4.69) is 4.98 Å². The highest BCUT2D eigenvalue weighted by Crippen LogP contribution is 2.30. The van der Waals surface area contributed by atoms with Gasteiger partial charge in [-0.05, 0) is 48.7 Å². The maximum atomic E-state index is 12.7. The third kappa shape index (κ3) is 4.00.